The molecule has 21 heavy (non-hydrogen) atoms. The molecule has 1 unspecified atom stereocenters. The fraction of sp³-hybridized carbons (Fsp3) is 0.400. The maximum Gasteiger partial charge on any atom is 0.329 e. The van der Waals surface area contributed by atoms with E-state index in [4.69, 9.17) is 4.84 Å². The summed E-state index contributed by atoms with van der Waals surface area (Å²) in [6.07, 6.45) is -0.438. The smallest absolute Gasteiger partial charge is 0.329 e. The second kappa shape index (κ2) is 5.55. The van der Waals surface area contributed by atoms with Crippen LogP contribution in [0.2, 0.25) is 0 Å². The van der Waals surface area contributed by atoms with Gasteiger partial charge in [0, 0.05) is 13.5 Å². The summed E-state index contributed by atoms with van der Waals surface area (Å²) in [4.78, 5) is 29.9. The average molecular weight is 290 g/mol. The quantitative estimate of drug-likeness (QED) is 0.911. The molecule has 0 aliphatic carbocycles. The van der Waals surface area contributed by atoms with Gasteiger partial charge in [-0.15, -0.1) is 0 Å². The summed E-state index contributed by atoms with van der Waals surface area (Å²) < 4.78 is 0. The van der Waals surface area contributed by atoms with Crippen LogP contribution in [0.5, 0.6) is 0 Å². The van der Waals surface area contributed by atoms with E-state index in [-0.39, 0.29) is 0 Å². The molecule has 0 spiro atoms. The number of hydrogen-bond acceptors (Lipinski definition) is 4. The summed E-state index contributed by atoms with van der Waals surface area (Å²) in [5.41, 5.74) is 0.291. The summed E-state index contributed by atoms with van der Waals surface area (Å²) in [7, 11) is 1.46. The van der Waals surface area contributed by atoms with Gasteiger partial charge in [-0.1, -0.05) is 35.5 Å². The van der Waals surface area contributed by atoms with E-state index in [1.54, 1.807) is 0 Å². The Labute approximate surface area is 123 Å². The van der Waals surface area contributed by atoms with Crippen molar-refractivity contribution in [3.63, 3.8) is 0 Å². The third-order valence-electron chi connectivity index (χ3n) is 3.74. The summed E-state index contributed by atoms with van der Waals surface area (Å²) in [6.45, 7) is 2.95. The molecular formula is C15H18N2O4. The van der Waals surface area contributed by atoms with Gasteiger partial charge in [0.2, 0.25) is 6.10 Å². The van der Waals surface area contributed by atoms with Crippen LogP contribution in [0.1, 0.15) is 25.8 Å². The Morgan fingerprint density at radius 3 is 2.52 bits per heavy atom. The number of carboxylic acids is 1. The fourth-order valence-electron chi connectivity index (χ4n) is 1.95. The lowest BCUT2D eigenvalue weighted by molar-refractivity contribution is -0.159. The Morgan fingerprint density at radius 1 is 1.33 bits per heavy atom. The fourth-order valence-corrected chi connectivity index (χ4v) is 1.95. The van der Waals surface area contributed by atoms with Crippen LogP contribution in [0.25, 0.3) is 0 Å². The molecule has 1 aliphatic rings. The summed E-state index contributed by atoms with van der Waals surface area (Å²) in [5.74, 6) is -1.46. The summed E-state index contributed by atoms with van der Waals surface area (Å²) in [5, 5.41) is 13.1. The molecule has 112 valence electrons. The Bertz CT molecular complexity index is 581. The molecule has 0 saturated carbocycles. The van der Waals surface area contributed by atoms with Gasteiger partial charge in [0.15, 0.2) is 0 Å². The Hall–Kier alpha value is -2.37. The van der Waals surface area contributed by atoms with Gasteiger partial charge < -0.3 is 14.8 Å². The lowest BCUT2D eigenvalue weighted by Gasteiger charge is -2.32. The Kier molecular flexibility index (Phi) is 3.97. The van der Waals surface area contributed by atoms with Gasteiger partial charge in [0.25, 0.3) is 5.91 Å². The van der Waals surface area contributed by atoms with E-state index in [2.05, 4.69) is 5.16 Å². The highest BCUT2D eigenvalue weighted by Gasteiger charge is 2.40. The second-order valence-electron chi connectivity index (χ2n) is 5.46. The molecule has 1 N–H and O–H groups in total. The van der Waals surface area contributed by atoms with Crippen LogP contribution in [-0.4, -0.2) is 46.3 Å². The summed E-state index contributed by atoms with van der Waals surface area (Å²) in [6, 6.07) is 9.44. The maximum atomic E-state index is 12.3. The van der Waals surface area contributed by atoms with E-state index in [9.17, 15) is 14.7 Å². The maximum absolute atomic E-state index is 12.3. The molecule has 6 heteroatoms. The van der Waals surface area contributed by atoms with Crippen molar-refractivity contribution in [2.45, 2.75) is 31.9 Å². The zero-order valence-corrected chi connectivity index (χ0v) is 12.2. The minimum atomic E-state index is -1.30. The predicted molar refractivity (Wildman–Crippen MR) is 77.0 cm³/mol. The highest BCUT2D eigenvalue weighted by molar-refractivity contribution is 6.04. The minimum Gasteiger partial charge on any atom is -0.480 e. The number of nitrogens with zero attached hydrogens (tertiary/aromatic N) is 2. The number of rotatable bonds is 4. The van der Waals surface area contributed by atoms with Gasteiger partial charge in [-0.2, -0.15) is 0 Å². The van der Waals surface area contributed by atoms with E-state index in [1.807, 2.05) is 30.3 Å². The number of benzene rings is 1. The molecule has 0 saturated heterocycles. The molecule has 1 atom stereocenters. The minimum absolute atomic E-state index is 0.336. The van der Waals surface area contributed by atoms with E-state index in [1.165, 1.54) is 25.8 Å². The molecule has 2 rings (SSSR count). The third-order valence-corrected chi connectivity index (χ3v) is 3.74. The van der Waals surface area contributed by atoms with Gasteiger partial charge in [-0.05, 0) is 19.4 Å². The van der Waals surface area contributed by atoms with Crippen molar-refractivity contribution >= 4 is 17.6 Å². The first kappa shape index (κ1) is 15.0. The van der Waals surface area contributed by atoms with Crippen molar-refractivity contribution in [1.29, 1.82) is 0 Å². The highest BCUT2D eigenvalue weighted by Crippen LogP contribution is 2.21. The number of amides is 1. The zero-order valence-electron chi connectivity index (χ0n) is 12.2. The summed E-state index contributed by atoms with van der Waals surface area (Å²) >= 11 is 0. The second-order valence-corrected chi connectivity index (χ2v) is 5.46. The molecule has 1 heterocycles. The van der Waals surface area contributed by atoms with Crippen molar-refractivity contribution in [3.8, 4) is 0 Å². The first-order chi connectivity index (χ1) is 9.84. The number of hydrogen-bond donors (Lipinski definition) is 1. The molecule has 6 nitrogen and oxygen atoms in total. The van der Waals surface area contributed by atoms with Crippen molar-refractivity contribution in [2.75, 3.05) is 7.05 Å². The molecule has 0 bridgehead atoms. The predicted octanol–water partition coefficient (Wildman–Crippen LogP) is 1.50. The SMILES string of the molecule is CN(C(=O)C1CC(c2ccccc2)=NO1)C(C)(C)C(=O)O. The standard InChI is InChI=1S/C15H18N2O4/c1-15(2,14(19)20)17(3)13(18)12-9-11(16-21-12)10-7-5-4-6-8-10/h4-8,12H,9H2,1-3H3,(H,19,20). The highest BCUT2D eigenvalue weighted by atomic mass is 16.6. The van der Waals surface area contributed by atoms with Crippen LogP contribution in [0.15, 0.2) is 35.5 Å². The van der Waals surface area contributed by atoms with Crippen LogP contribution in [0, 0.1) is 0 Å². The van der Waals surface area contributed by atoms with Crippen molar-refractivity contribution in [2.24, 2.45) is 5.16 Å². The molecular weight excluding hydrogens is 272 g/mol. The number of carbonyl (C=O) groups excluding carboxylic acids is 1. The lowest BCUT2D eigenvalue weighted by Crippen LogP contribution is -2.53. The molecule has 1 aromatic rings. The number of aliphatic carboxylic acids is 1. The molecule has 0 aromatic heterocycles. The van der Waals surface area contributed by atoms with E-state index in [0.717, 1.165) is 5.56 Å². The van der Waals surface area contributed by atoms with Crippen LogP contribution in [-0.2, 0) is 14.4 Å². The van der Waals surface area contributed by atoms with Crippen LogP contribution in [0.4, 0.5) is 0 Å². The van der Waals surface area contributed by atoms with Gasteiger partial charge in [0.05, 0.1) is 5.71 Å². The van der Waals surface area contributed by atoms with E-state index in [0.29, 0.717) is 12.1 Å². The van der Waals surface area contributed by atoms with Gasteiger partial charge in [0.1, 0.15) is 5.54 Å². The number of likely N-dealkylation sites (N-methyl/N-ethyl adjacent to an activating group) is 1. The van der Waals surface area contributed by atoms with Crippen molar-refractivity contribution < 1.29 is 19.5 Å². The number of oxime groups is 1. The third kappa shape index (κ3) is 2.89. The topological polar surface area (TPSA) is 79.2 Å². The Balaban J connectivity index is 2.06. The molecule has 1 amide bonds. The van der Waals surface area contributed by atoms with E-state index >= 15 is 0 Å². The molecule has 1 aliphatic heterocycles. The van der Waals surface area contributed by atoms with Crippen LogP contribution < -0.4 is 0 Å². The molecule has 1 aromatic carbocycles. The number of carboxylic acid groups (broad SMARTS) is 1. The van der Waals surface area contributed by atoms with Gasteiger partial charge >= 0.3 is 5.97 Å². The average Bonchev–Trinajstić information content (AvgIpc) is 2.96. The van der Waals surface area contributed by atoms with Crippen LogP contribution >= 0.6 is 0 Å². The zero-order chi connectivity index (χ0) is 15.6. The monoisotopic (exact) mass is 290 g/mol. The van der Waals surface area contributed by atoms with E-state index < -0.39 is 23.5 Å². The molecule has 0 radical (unpaired) electrons. The number of carbonyl (C=O) groups is 2. The van der Waals surface area contributed by atoms with Gasteiger partial charge in [-0.3, -0.25) is 4.79 Å². The first-order valence-corrected chi connectivity index (χ1v) is 6.63. The lowest BCUT2D eigenvalue weighted by atomic mass is 10.0. The largest absolute Gasteiger partial charge is 0.480 e. The normalized spacial score (nSPS) is 17.9. The van der Waals surface area contributed by atoms with Crippen molar-refractivity contribution in [3.05, 3.63) is 35.9 Å². The van der Waals surface area contributed by atoms with Crippen molar-refractivity contribution in [1.82, 2.24) is 4.90 Å². The Morgan fingerprint density at radius 2 is 1.95 bits per heavy atom. The van der Waals surface area contributed by atoms with Crippen LogP contribution in [0.3, 0.4) is 0 Å². The van der Waals surface area contributed by atoms with Gasteiger partial charge in [-0.25, -0.2) is 4.79 Å². The molecule has 0 fully saturated rings. The first-order valence-electron chi connectivity index (χ1n) is 6.63.